The summed E-state index contributed by atoms with van der Waals surface area (Å²) < 4.78 is 0. The zero-order valence-corrected chi connectivity index (χ0v) is 11.6. The number of likely N-dealkylation sites (tertiary alicyclic amines) is 2. The second-order valence-corrected chi connectivity index (χ2v) is 6.11. The minimum absolute atomic E-state index is 0.325. The molecule has 2 rings (SSSR count). The van der Waals surface area contributed by atoms with Crippen LogP contribution >= 0.6 is 0 Å². The van der Waals surface area contributed by atoms with Crippen molar-refractivity contribution in [1.29, 1.82) is 0 Å². The van der Waals surface area contributed by atoms with E-state index in [1.807, 2.05) is 0 Å². The summed E-state index contributed by atoms with van der Waals surface area (Å²) in [6, 6.07) is 0.687. The SMILES string of the molecule is CC(C)N1CCC(CN)(N2CCCCC2)CC1. The molecule has 0 aromatic carbocycles. The van der Waals surface area contributed by atoms with E-state index in [1.54, 1.807) is 0 Å². The van der Waals surface area contributed by atoms with Crippen molar-refractivity contribution in [3.8, 4) is 0 Å². The summed E-state index contributed by atoms with van der Waals surface area (Å²) in [6.07, 6.45) is 6.68. The molecule has 2 fully saturated rings. The Morgan fingerprint density at radius 2 is 1.59 bits per heavy atom. The van der Waals surface area contributed by atoms with Crippen molar-refractivity contribution in [3.05, 3.63) is 0 Å². The highest BCUT2D eigenvalue weighted by Gasteiger charge is 2.39. The zero-order chi connectivity index (χ0) is 12.3. The Morgan fingerprint density at radius 1 is 1.00 bits per heavy atom. The van der Waals surface area contributed by atoms with Crippen molar-refractivity contribution in [1.82, 2.24) is 9.80 Å². The van der Waals surface area contributed by atoms with Gasteiger partial charge in [-0.1, -0.05) is 6.42 Å². The van der Waals surface area contributed by atoms with Gasteiger partial charge in [0.2, 0.25) is 0 Å². The van der Waals surface area contributed by atoms with Gasteiger partial charge in [0.15, 0.2) is 0 Å². The molecule has 2 heterocycles. The number of hydrogen-bond acceptors (Lipinski definition) is 3. The molecule has 0 radical (unpaired) electrons. The summed E-state index contributed by atoms with van der Waals surface area (Å²) in [5.41, 5.74) is 6.46. The standard InChI is InChI=1S/C14H29N3/c1-13(2)16-10-6-14(12-15,7-11-16)17-8-4-3-5-9-17/h13H,3-12,15H2,1-2H3. The largest absolute Gasteiger partial charge is 0.329 e. The van der Waals surface area contributed by atoms with Gasteiger partial charge in [0.1, 0.15) is 0 Å². The molecule has 2 saturated heterocycles. The lowest BCUT2D eigenvalue weighted by Crippen LogP contribution is -2.61. The van der Waals surface area contributed by atoms with Crippen LogP contribution in [-0.2, 0) is 0 Å². The van der Waals surface area contributed by atoms with E-state index in [0.29, 0.717) is 11.6 Å². The fourth-order valence-electron chi connectivity index (χ4n) is 3.47. The van der Waals surface area contributed by atoms with Crippen LogP contribution in [0.5, 0.6) is 0 Å². The third-order valence-corrected chi connectivity index (χ3v) is 4.87. The fourth-order valence-corrected chi connectivity index (χ4v) is 3.47. The first-order valence-electron chi connectivity index (χ1n) is 7.37. The minimum atomic E-state index is 0.325. The van der Waals surface area contributed by atoms with Gasteiger partial charge in [-0.3, -0.25) is 4.90 Å². The van der Waals surface area contributed by atoms with Crippen molar-refractivity contribution in [2.75, 3.05) is 32.7 Å². The average Bonchev–Trinajstić information content (AvgIpc) is 2.40. The topological polar surface area (TPSA) is 32.5 Å². The Labute approximate surface area is 106 Å². The lowest BCUT2D eigenvalue weighted by molar-refractivity contribution is 0.00679. The van der Waals surface area contributed by atoms with Crippen molar-refractivity contribution in [2.24, 2.45) is 5.73 Å². The van der Waals surface area contributed by atoms with Crippen LogP contribution in [0.15, 0.2) is 0 Å². The Morgan fingerprint density at radius 3 is 2.06 bits per heavy atom. The van der Waals surface area contributed by atoms with Crippen LogP contribution in [0.25, 0.3) is 0 Å². The maximum Gasteiger partial charge on any atom is 0.0356 e. The molecule has 3 heteroatoms. The molecule has 0 saturated carbocycles. The Balaban J connectivity index is 1.96. The second kappa shape index (κ2) is 5.68. The van der Waals surface area contributed by atoms with Crippen LogP contribution in [-0.4, -0.2) is 54.1 Å². The maximum atomic E-state index is 6.13. The van der Waals surface area contributed by atoms with E-state index in [4.69, 9.17) is 5.73 Å². The highest BCUT2D eigenvalue weighted by Crippen LogP contribution is 2.31. The molecule has 0 unspecified atom stereocenters. The molecule has 2 aliphatic heterocycles. The Kier molecular flexibility index (Phi) is 4.45. The third kappa shape index (κ3) is 2.83. The molecule has 0 atom stereocenters. The molecule has 0 aliphatic carbocycles. The molecule has 0 aromatic heterocycles. The molecule has 2 N–H and O–H groups in total. The first kappa shape index (κ1) is 13.3. The van der Waals surface area contributed by atoms with E-state index in [0.717, 1.165) is 6.54 Å². The number of nitrogens with two attached hydrogens (primary N) is 1. The number of piperidine rings is 2. The van der Waals surface area contributed by atoms with Crippen LogP contribution in [0.2, 0.25) is 0 Å². The van der Waals surface area contributed by atoms with E-state index >= 15 is 0 Å². The van der Waals surface area contributed by atoms with Crippen LogP contribution in [0.1, 0.15) is 46.0 Å². The van der Waals surface area contributed by atoms with Gasteiger partial charge >= 0.3 is 0 Å². The van der Waals surface area contributed by atoms with E-state index in [-0.39, 0.29) is 0 Å². The van der Waals surface area contributed by atoms with Crippen LogP contribution in [0.3, 0.4) is 0 Å². The maximum absolute atomic E-state index is 6.13. The van der Waals surface area contributed by atoms with E-state index < -0.39 is 0 Å². The van der Waals surface area contributed by atoms with E-state index in [9.17, 15) is 0 Å². The van der Waals surface area contributed by atoms with Crippen molar-refractivity contribution in [2.45, 2.75) is 57.5 Å². The van der Waals surface area contributed by atoms with Gasteiger partial charge in [-0.25, -0.2) is 0 Å². The number of rotatable bonds is 3. The molecule has 0 spiro atoms. The summed E-state index contributed by atoms with van der Waals surface area (Å²) in [4.78, 5) is 5.30. The molecule has 0 bridgehead atoms. The molecular weight excluding hydrogens is 210 g/mol. The Hall–Kier alpha value is -0.120. The summed E-state index contributed by atoms with van der Waals surface area (Å²) in [5, 5.41) is 0. The highest BCUT2D eigenvalue weighted by molar-refractivity contribution is 4.97. The van der Waals surface area contributed by atoms with E-state index in [1.165, 1.54) is 58.3 Å². The van der Waals surface area contributed by atoms with Gasteiger partial charge < -0.3 is 10.6 Å². The highest BCUT2D eigenvalue weighted by atomic mass is 15.3. The summed E-state index contributed by atoms with van der Waals surface area (Å²) in [5.74, 6) is 0. The molecular formula is C14H29N3. The third-order valence-electron chi connectivity index (χ3n) is 4.87. The van der Waals surface area contributed by atoms with E-state index in [2.05, 4.69) is 23.6 Å². The lowest BCUT2D eigenvalue weighted by Gasteiger charge is -2.50. The van der Waals surface area contributed by atoms with Gasteiger partial charge in [0.05, 0.1) is 0 Å². The number of hydrogen-bond donors (Lipinski definition) is 1. The lowest BCUT2D eigenvalue weighted by atomic mass is 9.84. The predicted octanol–water partition coefficient (Wildman–Crippen LogP) is 1.67. The molecule has 2 aliphatic rings. The van der Waals surface area contributed by atoms with Gasteiger partial charge in [-0.05, 0) is 52.6 Å². The van der Waals surface area contributed by atoms with Gasteiger partial charge in [0.25, 0.3) is 0 Å². The summed E-state index contributed by atoms with van der Waals surface area (Å²) in [7, 11) is 0. The Bertz CT molecular complexity index is 226. The van der Waals surface area contributed by atoms with Crippen LogP contribution in [0.4, 0.5) is 0 Å². The van der Waals surface area contributed by atoms with Crippen LogP contribution < -0.4 is 5.73 Å². The van der Waals surface area contributed by atoms with Gasteiger partial charge in [-0.2, -0.15) is 0 Å². The molecule has 3 nitrogen and oxygen atoms in total. The monoisotopic (exact) mass is 239 g/mol. The molecule has 17 heavy (non-hydrogen) atoms. The first-order valence-corrected chi connectivity index (χ1v) is 7.37. The molecule has 100 valence electrons. The minimum Gasteiger partial charge on any atom is -0.329 e. The van der Waals surface area contributed by atoms with Crippen LogP contribution in [0, 0.1) is 0 Å². The smallest absolute Gasteiger partial charge is 0.0356 e. The second-order valence-electron chi connectivity index (χ2n) is 6.11. The fraction of sp³-hybridized carbons (Fsp3) is 1.00. The van der Waals surface area contributed by atoms with Gasteiger partial charge in [0, 0.05) is 31.2 Å². The zero-order valence-electron chi connectivity index (χ0n) is 11.6. The van der Waals surface area contributed by atoms with Crippen molar-refractivity contribution >= 4 is 0 Å². The predicted molar refractivity (Wildman–Crippen MR) is 73.2 cm³/mol. The normalized spacial score (nSPS) is 27.5. The number of nitrogens with zero attached hydrogens (tertiary/aromatic N) is 2. The van der Waals surface area contributed by atoms with Crippen molar-refractivity contribution < 1.29 is 0 Å². The summed E-state index contributed by atoms with van der Waals surface area (Å²) >= 11 is 0. The summed E-state index contributed by atoms with van der Waals surface area (Å²) in [6.45, 7) is 10.5. The molecule has 0 aromatic rings. The average molecular weight is 239 g/mol. The first-order chi connectivity index (χ1) is 8.18. The van der Waals surface area contributed by atoms with Crippen molar-refractivity contribution in [3.63, 3.8) is 0 Å². The van der Waals surface area contributed by atoms with Gasteiger partial charge in [-0.15, -0.1) is 0 Å². The quantitative estimate of drug-likeness (QED) is 0.813. The molecule has 0 amide bonds.